The first kappa shape index (κ1) is 14.4. The molecule has 0 aromatic heterocycles. The van der Waals surface area contributed by atoms with Gasteiger partial charge in [-0.1, -0.05) is 13.8 Å². The van der Waals surface area contributed by atoms with E-state index in [4.69, 9.17) is 0 Å². The van der Waals surface area contributed by atoms with Gasteiger partial charge >= 0.3 is 0 Å². The lowest BCUT2D eigenvalue weighted by atomic mass is 10.2. The van der Waals surface area contributed by atoms with Crippen molar-refractivity contribution in [3.05, 3.63) is 0 Å². The third-order valence-corrected chi connectivity index (χ3v) is 5.15. The fourth-order valence-corrected chi connectivity index (χ4v) is 3.81. The normalized spacial score (nSPS) is 22.9. The van der Waals surface area contributed by atoms with Gasteiger partial charge in [-0.2, -0.15) is 0 Å². The Bertz CT molecular complexity index is 363. The molecule has 0 N–H and O–H groups in total. The number of hydrogen-bond donors (Lipinski definition) is 0. The van der Waals surface area contributed by atoms with Gasteiger partial charge in [0.1, 0.15) is 0 Å². The van der Waals surface area contributed by atoms with Crippen molar-refractivity contribution in [3.8, 4) is 0 Å². The number of carbonyl (C=O) groups excluding carboxylic acids is 1. The van der Waals surface area contributed by atoms with Crippen molar-refractivity contribution in [3.63, 3.8) is 0 Å². The first-order valence-corrected chi connectivity index (χ1v) is 7.90. The summed E-state index contributed by atoms with van der Waals surface area (Å²) in [6.45, 7) is 6.06. The summed E-state index contributed by atoms with van der Waals surface area (Å²) >= 11 is 0. The Labute approximate surface area is 104 Å². The molecule has 0 aromatic rings. The van der Waals surface area contributed by atoms with E-state index in [2.05, 4.69) is 0 Å². The van der Waals surface area contributed by atoms with Crippen molar-refractivity contribution >= 4 is 15.7 Å². The lowest BCUT2D eigenvalue weighted by Gasteiger charge is -2.26. The van der Waals surface area contributed by atoms with Crippen LogP contribution in [-0.4, -0.2) is 68.4 Å². The Hall–Kier alpha value is -0.620. The maximum Gasteiger partial charge on any atom is 0.236 e. The quantitative estimate of drug-likeness (QED) is 0.698. The van der Waals surface area contributed by atoms with Crippen molar-refractivity contribution in [2.24, 2.45) is 0 Å². The summed E-state index contributed by atoms with van der Waals surface area (Å²) in [5.74, 6) is 0.337. The number of hydrogen-bond acceptors (Lipinski definition) is 4. The van der Waals surface area contributed by atoms with Gasteiger partial charge in [-0.05, 0) is 19.5 Å². The van der Waals surface area contributed by atoms with Gasteiger partial charge in [-0.15, -0.1) is 0 Å². The molecule has 1 rings (SSSR count). The Kier molecular flexibility index (Phi) is 4.94. The molecule has 0 saturated carbocycles. The predicted molar refractivity (Wildman–Crippen MR) is 67.6 cm³/mol. The summed E-state index contributed by atoms with van der Waals surface area (Å²) in [5.41, 5.74) is 0. The van der Waals surface area contributed by atoms with Gasteiger partial charge < -0.3 is 4.90 Å². The summed E-state index contributed by atoms with van der Waals surface area (Å²) in [4.78, 5) is 15.6. The molecule has 0 bridgehead atoms. The van der Waals surface area contributed by atoms with Gasteiger partial charge in [0.15, 0.2) is 9.84 Å². The molecule has 1 aliphatic rings. The molecule has 0 aliphatic carbocycles. The fourth-order valence-electron chi connectivity index (χ4n) is 2.03. The van der Waals surface area contributed by atoms with Gasteiger partial charge in [-0.25, -0.2) is 8.42 Å². The summed E-state index contributed by atoms with van der Waals surface area (Å²) < 4.78 is 22.7. The van der Waals surface area contributed by atoms with Crippen molar-refractivity contribution < 1.29 is 13.2 Å². The van der Waals surface area contributed by atoms with Gasteiger partial charge in [-0.3, -0.25) is 9.69 Å². The Morgan fingerprint density at radius 2 is 1.88 bits per heavy atom. The predicted octanol–water partition coefficient (Wildman–Crippen LogP) is -0.0263. The maximum atomic E-state index is 12.0. The molecule has 6 heteroatoms. The van der Waals surface area contributed by atoms with Crippen molar-refractivity contribution in [2.75, 3.05) is 38.2 Å². The highest BCUT2D eigenvalue weighted by molar-refractivity contribution is 7.91. The number of carbonyl (C=O) groups is 1. The minimum atomic E-state index is -2.92. The van der Waals surface area contributed by atoms with E-state index in [0.29, 0.717) is 13.0 Å². The molecule has 0 spiro atoms. The molecular formula is C11H22N2O3S. The van der Waals surface area contributed by atoms with E-state index < -0.39 is 9.84 Å². The van der Waals surface area contributed by atoms with Crippen molar-refractivity contribution in [2.45, 2.75) is 26.3 Å². The Morgan fingerprint density at radius 3 is 2.29 bits per heavy atom. The second-order valence-electron chi connectivity index (χ2n) is 4.52. The molecule has 1 unspecified atom stereocenters. The summed E-state index contributed by atoms with van der Waals surface area (Å²) in [5, 5.41) is 0. The zero-order valence-corrected chi connectivity index (χ0v) is 11.7. The van der Waals surface area contributed by atoms with E-state index in [-0.39, 0.29) is 23.5 Å². The van der Waals surface area contributed by atoms with Crippen LogP contribution >= 0.6 is 0 Å². The third-order valence-electron chi connectivity index (χ3n) is 3.40. The Morgan fingerprint density at radius 1 is 1.29 bits per heavy atom. The topological polar surface area (TPSA) is 57.7 Å². The highest BCUT2D eigenvalue weighted by atomic mass is 32.2. The highest BCUT2D eigenvalue weighted by Crippen LogP contribution is 2.16. The zero-order valence-electron chi connectivity index (χ0n) is 10.8. The average Bonchev–Trinajstić information content (AvgIpc) is 2.65. The van der Waals surface area contributed by atoms with Crippen molar-refractivity contribution in [1.29, 1.82) is 0 Å². The van der Waals surface area contributed by atoms with Crippen LogP contribution < -0.4 is 0 Å². The lowest BCUT2D eigenvalue weighted by Crippen LogP contribution is -2.43. The first-order chi connectivity index (χ1) is 7.89. The molecule has 100 valence electrons. The van der Waals surface area contributed by atoms with E-state index in [1.165, 1.54) is 0 Å². The van der Waals surface area contributed by atoms with Crippen LogP contribution in [0.4, 0.5) is 0 Å². The smallest absolute Gasteiger partial charge is 0.236 e. The molecule has 5 nitrogen and oxygen atoms in total. The first-order valence-electron chi connectivity index (χ1n) is 6.08. The monoisotopic (exact) mass is 262 g/mol. The van der Waals surface area contributed by atoms with Crippen LogP contribution in [0.2, 0.25) is 0 Å². The number of amides is 1. The minimum absolute atomic E-state index is 0.0100. The van der Waals surface area contributed by atoms with Crippen molar-refractivity contribution in [1.82, 2.24) is 9.80 Å². The van der Waals surface area contributed by atoms with E-state index >= 15 is 0 Å². The number of nitrogens with zero attached hydrogens (tertiary/aromatic N) is 2. The van der Waals surface area contributed by atoms with Crippen LogP contribution in [0.25, 0.3) is 0 Å². The molecular weight excluding hydrogens is 240 g/mol. The third kappa shape index (κ3) is 3.96. The largest absolute Gasteiger partial charge is 0.341 e. The second-order valence-corrected chi connectivity index (χ2v) is 6.75. The van der Waals surface area contributed by atoms with E-state index in [0.717, 1.165) is 13.1 Å². The molecule has 1 amide bonds. The molecule has 0 aromatic carbocycles. The van der Waals surface area contributed by atoms with E-state index in [1.54, 1.807) is 11.9 Å². The number of sulfone groups is 1. The molecule has 1 atom stereocenters. The van der Waals surface area contributed by atoms with Gasteiger partial charge in [0.2, 0.25) is 5.91 Å². The number of rotatable bonds is 5. The fraction of sp³-hybridized carbons (Fsp3) is 0.909. The molecule has 0 radical (unpaired) electrons. The van der Waals surface area contributed by atoms with E-state index in [1.807, 2.05) is 18.7 Å². The standard InChI is InChI=1S/C11H22N2O3S/c1-4-13(5-2)8-11(14)12(3)10-6-7-17(15,16)9-10/h10H,4-9H2,1-3H3. The van der Waals surface area contributed by atoms with Crippen LogP contribution in [-0.2, 0) is 14.6 Å². The minimum Gasteiger partial charge on any atom is -0.341 e. The second kappa shape index (κ2) is 5.82. The lowest BCUT2D eigenvalue weighted by molar-refractivity contribution is -0.132. The average molecular weight is 262 g/mol. The van der Waals surface area contributed by atoms with Crippen LogP contribution in [0.3, 0.4) is 0 Å². The van der Waals surface area contributed by atoms with Gasteiger partial charge in [0, 0.05) is 13.1 Å². The highest BCUT2D eigenvalue weighted by Gasteiger charge is 2.32. The number of likely N-dealkylation sites (N-methyl/N-ethyl adjacent to an activating group) is 2. The summed E-state index contributed by atoms with van der Waals surface area (Å²) in [6, 6.07) is -0.136. The van der Waals surface area contributed by atoms with Crippen LogP contribution in [0.1, 0.15) is 20.3 Å². The molecule has 1 aliphatic heterocycles. The Balaban J connectivity index is 2.53. The molecule has 1 heterocycles. The SMILES string of the molecule is CCN(CC)CC(=O)N(C)C1CCS(=O)(=O)C1. The molecule has 17 heavy (non-hydrogen) atoms. The molecule has 1 fully saturated rings. The molecule has 1 saturated heterocycles. The zero-order chi connectivity index (χ0) is 13.1. The van der Waals surface area contributed by atoms with Crippen LogP contribution in [0, 0.1) is 0 Å². The van der Waals surface area contributed by atoms with Gasteiger partial charge in [0.05, 0.1) is 18.1 Å². The summed E-state index contributed by atoms with van der Waals surface area (Å²) in [6.07, 6.45) is 0.572. The van der Waals surface area contributed by atoms with Crippen LogP contribution in [0.15, 0.2) is 0 Å². The van der Waals surface area contributed by atoms with Gasteiger partial charge in [0.25, 0.3) is 0 Å². The van der Waals surface area contributed by atoms with E-state index in [9.17, 15) is 13.2 Å². The van der Waals surface area contributed by atoms with Crippen LogP contribution in [0.5, 0.6) is 0 Å². The maximum absolute atomic E-state index is 12.0. The summed E-state index contributed by atoms with van der Waals surface area (Å²) in [7, 11) is -1.22.